The summed E-state index contributed by atoms with van der Waals surface area (Å²) in [4.78, 5) is 25.3. The molecule has 1 N–H and O–H groups in total. The van der Waals surface area contributed by atoms with Crippen molar-refractivity contribution in [1.82, 2.24) is 9.99 Å². The van der Waals surface area contributed by atoms with Gasteiger partial charge in [-0.15, -0.1) is 0 Å². The minimum Gasteiger partial charge on any atom is -0.344 e. The summed E-state index contributed by atoms with van der Waals surface area (Å²) in [5, 5.41) is 2.33. The molecule has 2 aromatic carbocycles. The molecule has 0 saturated carbocycles. The van der Waals surface area contributed by atoms with E-state index in [1.807, 2.05) is 42.6 Å². The van der Waals surface area contributed by atoms with E-state index in [1.54, 1.807) is 18.2 Å². The van der Waals surface area contributed by atoms with Gasteiger partial charge in [0, 0.05) is 28.7 Å². The first kappa shape index (κ1) is 17.1. The Morgan fingerprint density at radius 2 is 1.74 bits per heavy atom. The third kappa shape index (κ3) is 2.91. The maximum Gasteiger partial charge on any atom is 0.282 e. The fraction of sp³-hybridized carbons (Fsp3) is 0.182. The number of aromatic nitrogens is 1. The number of hydrogen-bond acceptors (Lipinski definition) is 2. The molecule has 0 aliphatic carbocycles. The lowest BCUT2D eigenvalue weighted by Gasteiger charge is -2.13. The van der Waals surface area contributed by atoms with Crippen LogP contribution in [0.5, 0.6) is 0 Å². The molecule has 27 heavy (non-hydrogen) atoms. The van der Waals surface area contributed by atoms with E-state index in [1.165, 1.54) is 5.01 Å². The maximum atomic E-state index is 12.8. The molecule has 2 heterocycles. The van der Waals surface area contributed by atoms with E-state index < -0.39 is 0 Å². The minimum absolute atomic E-state index is 0.144. The van der Waals surface area contributed by atoms with Gasteiger partial charge in [-0.2, -0.15) is 0 Å². The van der Waals surface area contributed by atoms with Gasteiger partial charge in [0.2, 0.25) is 0 Å². The second-order valence-corrected chi connectivity index (χ2v) is 6.74. The number of anilines is 1. The van der Waals surface area contributed by atoms with Gasteiger partial charge in [0.1, 0.15) is 5.57 Å². The Labute approximate surface area is 157 Å². The van der Waals surface area contributed by atoms with Gasteiger partial charge in [0.05, 0.1) is 5.69 Å². The molecule has 2 amide bonds. The van der Waals surface area contributed by atoms with Crippen LogP contribution in [0, 0.1) is 0 Å². The van der Waals surface area contributed by atoms with E-state index in [-0.39, 0.29) is 17.4 Å². The number of fused-ring (bicyclic) bond motifs is 1. The molecular formula is C22H21N3O2. The molecule has 1 aliphatic heterocycles. The molecule has 1 fully saturated rings. The summed E-state index contributed by atoms with van der Waals surface area (Å²) in [7, 11) is 0. The highest BCUT2D eigenvalue weighted by Gasteiger charge is 2.34. The first-order chi connectivity index (χ1) is 13.1. The maximum absolute atomic E-state index is 12.8. The quantitative estimate of drug-likeness (QED) is 0.564. The number of hydrogen-bond donors (Lipinski definition) is 1. The lowest BCUT2D eigenvalue weighted by atomic mass is 10.1. The molecule has 1 aliphatic rings. The molecule has 136 valence electrons. The van der Waals surface area contributed by atoms with Gasteiger partial charge in [-0.3, -0.25) is 15.0 Å². The largest absolute Gasteiger partial charge is 0.344 e. The van der Waals surface area contributed by atoms with E-state index >= 15 is 0 Å². The summed E-state index contributed by atoms with van der Waals surface area (Å²) in [5.41, 5.74) is 5.41. The van der Waals surface area contributed by atoms with Crippen LogP contribution < -0.4 is 10.4 Å². The SMILES string of the molecule is CCC(C)n1cc(C=C2C(=O)NN(c3ccccc3)C2=O)c2ccccc21. The van der Waals surface area contributed by atoms with Crippen LogP contribution in [0.15, 0.2) is 66.4 Å². The summed E-state index contributed by atoms with van der Waals surface area (Å²) in [6.45, 7) is 4.30. The fourth-order valence-electron chi connectivity index (χ4n) is 3.38. The Bertz CT molecular complexity index is 1050. The van der Waals surface area contributed by atoms with Crippen molar-refractivity contribution < 1.29 is 9.59 Å². The molecule has 1 atom stereocenters. The molecule has 5 heteroatoms. The number of nitrogens with zero attached hydrogens (tertiary/aromatic N) is 2. The van der Waals surface area contributed by atoms with Crippen molar-refractivity contribution in [3.8, 4) is 0 Å². The standard InChI is InChI=1S/C22H21N3O2/c1-3-15(2)24-14-16(18-11-7-8-12-20(18)24)13-19-21(26)23-25(22(19)27)17-9-5-4-6-10-17/h4-15H,3H2,1-2H3,(H,23,26). The van der Waals surface area contributed by atoms with Crippen molar-refractivity contribution in [2.24, 2.45) is 0 Å². The average Bonchev–Trinajstić information content (AvgIpc) is 3.21. The van der Waals surface area contributed by atoms with E-state index in [2.05, 4.69) is 29.9 Å². The van der Waals surface area contributed by atoms with Crippen LogP contribution >= 0.6 is 0 Å². The molecule has 1 aromatic heterocycles. The third-order valence-electron chi connectivity index (χ3n) is 5.04. The summed E-state index contributed by atoms with van der Waals surface area (Å²) >= 11 is 0. The Kier molecular flexibility index (Phi) is 4.28. The first-order valence-corrected chi connectivity index (χ1v) is 9.12. The number of carbonyl (C=O) groups excluding carboxylic acids is 2. The lowest BCUT2D eigenvalue weighted by molar-refractivity contribution is -0.117. The summed E-state index contributed by atoms with van der Waals surface area (Å²) in [6.07, 6.45) is 4.72. The second-order valence-electron chi connectivity index (χ2n) is 6.74. The van der Waals surface area contributed by atoms with Crippen LogP contribution in [0.3, 0.4) is 0 Å². The molecule has 1 saturated heterocycles. The number of rotatable bonds is 4. The van der Waals surface area contributed by atoms with Gasteiger partial charge in [-0.25, -0.2) is 5.01 Å². The van der Waals surface area contributed by atoms with E-state index in [9.17, 15) is 9.59 Å². The molecule has 5 nitrogen and oxygen atoms in total. The van der Waals surface area contributed by atoms with Crippen molar-refractivity contribution in [1.29, 1.82) is 0 Å². The highest BCUT2D eigenvalue weighted by Crippen LogP contribution is 2.29. The zero-order valence-corrected chi connectivity index (χ0v) is 15.3. The number of benzene rings is 2. The van der Waals surface area contributed by atoms with Crippen LogP contribution in [-0.2, 0) is 9.59 Å². The fourth-order valence-corrected chi connectivity index (χ4v) is 3.38. The lowest BCUT2D eigenvalue weighted by Crippen LogP contribution is -2.35. The monoisotopic (exact) mass is 359 g/mol. The first-order valence-electron chi connectivity index (χ1n) is 9.12. The van der Waals surface area contributed by atoms with Crippen LogP contribution in [-0.4, -0.2) is 16.4 Å². The summed E-state index contributed by atoms with van der Waals surface area (Å²) in [5.74, 6) is -0.726. The molecule has 4 rings (SSSR count). The zero-order chi connectivity index (χ0) is 19.0. The average molecular weight is 359 g/mol. The van der Waals surface area contributed by atoms with E-state index in [4.69, 9.17) is 0 Å². The predicted molar refractivity (Wildman–Crippen MR) is 107 cm³/mol. The summed E-state index contributed by atoms with van der Waals surface area (Å²) in [6, 6.07) is 17.5. The van der Waals surface area contributed by atoms with E-state index in [0.717, 1.165) is 22.9 Å². The predicted octanol–water partition coefficient (Wildman–Crippen LogP) is 4.07. The smallest absolute Gasteiger partial charge is 0.282 e. The highest BCUT2D eigenvalue weighted by molar-refractivity contribution is 6.32. The Balaban J connectivity index is 1.78. The molecule has 0 spiro atoms. The van der Waals surface area contributed by atoms with Gasteiger partial charge in [0.15, 0.2) is 0 Å². The Morgan fingerprint density at radius 1 is 1.04 bits per heavy atom. The molecule has 1 unspecified atom stereocenters. The summed E-state index contributed by atoms with van der Waals surface area (Å²) < 4.78 is 2.20. The van der Waals surface area contributed by atoms with Crippen molar-refractivity contribution >= 4 is 34.5 Å². The highest BCUT2D eigenvalue weighted by atomic mass is 16.2. The Hall–Kier alpha value is -3.34. The van der Waals surface area contributed by atoms with Crippen LogP contribution in [0.2, 0.25) is 0 Å². The number of nitrogens with one attached hydrogen (secondary N) is 1. The van der Waals surface area contributed by atoms with Gasteiger partial charge in [-0.05, 0) is 37.6 Å². The second kappa shape index (κ2) is 6.76. The van der Waals surface area contributed by atoms with Crippen molar-refractivity contribution in [3.63, 3.8) is 0 Å². The van der Waals surface area contributed by atoms with Crippen molar-refractivity contribution in [2.45, 2.75) is 26.3 Å². The van der Waals surface area contributed by atoms with Gasteiger partial charge in [0.25, 0.3) is 11.8 Å². The van der Waals surface area contributed by atoms with Gasteiger partial charge >= 0.3 is 0 Å². The molecule has 0 radical (unpaired) electrons. The van der Waals surface area contributed by atoms with Crippen molar-refractivity contribution in [2.75, 3.05) is 5.01 Å². The molecular weight excluding hydrogens is 338 g/mol. The number of para-hydroxylation sites is 2. The van der Waals surface area contributed by atoms with Crippen LogP contribution in [0.4, 0.5) is 5.69 Å². The number of carbonyl (C=O) groups is 2. The van der Waals surface area contributed by atoms with Crippen LogP contribution in [0.1, 0.15) is 31.9 Å². The molecule has 3 aromatic rings. The van der Waals surface area contributed by atoms with Crippen LogP contribution in [0.25, 0.3) is 17.0 Å². The Morgan fingerprint density at radius 3 is 2.48 bits per heavy atom. The minimum atomic E-state index is -0.385. The van der Waals surface area contributed by atoms with Crippen molar-refractivity contribution in [3.05, 3.63) is 71.9 Å². The topological polar surface area (TPSA) is 54.3 Å². The molecule has 0 bridgehead atoms. The van der Waals surface area contributed by atoms with E-state index in [0.29, 0.717) is 11.7 Å². The van der Waals surface area contributed by atoms with Gasteiger partial charge in [-0.1, -0.05) is 43.3 Å². The third-order valence-corrected chi connectivity index (χ3v) is 5.04. The van der Waals surface area contributed by atoms with Gasteiger partial charge < -0.3 is 4.57 Å². The number of hydrazine groups is 1. The number of amides is 2. The zero-order valence-electron chi connectivity index (χ0n) is 15.3. The normalized spacial score (nSPS) is 17.0.